The topological polar surface area (TPSA) is 63.9 Å². The van der Waals surface area contributed by atoms with Crippen LogP contribution in [0.1, 0.15) is 23.2 Å². The maximum atomic E-state index is 11.2. The molecule has 0 atom stereocenters. The summed E-state index contributed by atoms with van der Waals surface area (Å²) in [4.78, 5) is 17.7. The summed E-state index contributed by atoms with van der Waals surface area (Å²) in [5.41, 5.74) is 0.539. The molecule has 2 aromatic rings. The molecule has 0 unspecified atom stereocenters. The van der Waals surface area contributed by atoms with Crippen molar-refractivity contribution in [2.75, 3.05) is 11.4 Å². The molecular formula is C10H11N5OS. The first-order valence-corrected chi connectivity index (χ1v) is 6.20. The molecule has 7 heteroatoms. The minimum Gasteiger partial charge on any atom is -0.339 e. The Bertz CT molecular complexity index is 561. The average molecular weight is 249 g/mol. The number of thiazole rings is 1. The molecule has 1 aliphatic rings. The molecule has 0 saturated heterocycles. The fourth-order valence-corrected chi connectivity index (χ4v) is 2.69. The molecule has 17 heavy (non-hydrogen) atoms. The maximum Gasteiger partial charge on any atom is 0.186 e. The third-order valence-corrected chi connectivity index (χ3v) is 3.66. The largest absolute Gasteiger partial charge is 0.339 e. The Morgan fingerprint density at radius 3 is 3.12 bits per heavy atom. The maximum absolute atomic E-state index is 11.2. The van der Waals surface area contributed by atoms with E-state index in [0.717, 1.165) is 24.0 Å². The summed E-state index contributed by atoms with van der Waals surface area (Å²) >= 11 is 1.50. The van der Waals surface area contributed by atoms with Crippen molar-refractivity contribution in [1.82, 2.24) is 19.7 Å². The van der Waals surface area contributed by atoms with Crippen LogP contribution >= 0.6 is 11.3 Å². The van der Waals surface area contributed by atoms with Crippen molar-refractivity contribution in [3.05, 3.63) is 23.2 Å². The van der Waals surface area contributed by atoms with Crippen LogP contribution in [0.25, 0.3) is 0 Å². The van der Waals surface area contributed by atoms with Crippen LogP contribution in [0.3, 0.4) is 0 Å². The Labute approximate surface area is 102 Å². The molecule has 0 aliphatic carbocycles. The number of rotatable bonds is 2. The van der Waals surface area contributed by atoms with E-state index in [1.54, 1.807) is 11.7 Å². The molecule has 0 spiro atoms. The molecule has 0 aromatic carbocycles. The van der Waals surface area contributed by atoms with Gasteiger partial charge in [-0.1, -0.05) is 0 Å². The molecule has 0 N–H and O–H groups in total. The van der Waals surface area contributed by atoms with Crippen molar-refractivity contribution < 1.29 is 4.79 Å². The monoisotopic (exact) mass is 249 g/mol. The minimum absolute atomic E-state index is 0.00711. The molecule has 0 radical (unpaired) electrons. The second kappa shape index (κ2) is 3.92. The van der Waals surface area contributed by atoms with Gasteiger partial charge in [-0.3, -0.25) is 4.79 Å². The van der Waals surface area contributed by atoms with Gasteiger partial charge in [0, 0.05) is 25.4 Å². The van der Waals surface area contributed by atoms with Crippen LogP contribution < -0.4 is 4.90 Å². The Morgan fingerprint density at radius 2 is 2.35 bits per heavy atom. The van der Waals surface area contributed by atoms with Crippen LogP contribution in [-0.2, 0) is 13.1 Å². The number of anilines is 1. The molecule has 3 rings (SSSR count). The quantitative estimate of drug-likeness (QED) is 0.742. The highest BCUT2D eigenvalue weighted by Crippen LogP contribution is 2.24. The Kier molecular flexibility index (Phi) is 2.40. The fourth-order valence-electron chi connectivity index (χ4n) is 1.80. The summed E-state index contributed by atoms with van der Waals surface area (Å²) in [6.45, 7) is 3.96. The molecular weight excluding hydrogens is 238 g/mol. The van der Waals surface area contributed by atoms with Crippen molar-refractivity contribution in [2.45, 2.75) is 20.0 Å². The van der Waals surface area contributed by atoms with E-state index in [0.29, 0.717) is 12.2 Å². The van der Waals surface area contributed by atoms with E-state index < -0.39 is 0 Å². The fraction of sp³-hybridized carbons (Fsp3) is 0.400. The molecule has 0 bridgehead atoms. The number of fused-ring (bicyclic) bond motifs is 1. The predicted octanol–water partition coefficient (Wildman–Crippen LogP) is 0.957. The van der Waals surface area contributed by atoms with E-state index in [1.165, 1.54) is 18.3 Å². The number of carbonyl (C=O) groups excluding carboxylic acids is 1. The summed E-state index contributed by atoms with van der Waals surface area (Å²) in [5, 5.41) is 10.6. The normalized spacial score (nSPS) is 14.8. The zero-order valence-corrected chi connectivity index (χ0v) is 10.1. The predicted molar refractivity (Wildman–Crippen MR) is 63.2 cm³/mol. The van der Waals surface area contributed by atoms with Gasteiger partial charge in [-0.05, 0) is 0 Å². The summed E-state index contributed by atoms with van der Waals surface area (Å²) in [7, 11) is 0. The first-order chi connectivity index (χ1) is 8.24. The highest BCUT2D eigenvalue weighted by atomic mass is 32.1. The Hall–Kier alpha value is -1.76. The van der Waals surface area contributed by atoms with Crippen molar-refractivity contribution in [3.8, 4) is 0 Å². The first-order valence-electron chi connectivity index (χ1n) is 5.32. The van der Waals surface area contributed by atoms with Gasteiger partial charge in [0.15, 0.2) is 16.7 Å². The number of ketones is 1. The lowest BCUT2D eigenvalue weighted by Gasteiger charge is -2.26. The number of hydrogen-bond acceptors (Lipinski definition) is 6. The van der Waals surface area contributed by atoms with E-state index in [-0.39, 0.29) is 5.78 Å². The number of aromatic nitrogens is 4. The smallest absolute Gasteiger partial charge is 0.186 e. The van der Waals surface area contributed by atoms with Gasteiger partial charge in [0.05, 0.1) is 6.54 Å². The number of nitrogens with zero attached hydrogens (tertiary/aromatic N) is 5. The van der Waals surface area contributed by atoms with E-state index in [2.05, 4.69) is 20.1 Å². The van der Waals surface area contributed by atoms with E-state index in [1.807, 2.05) is 4.57 Å². The standard InChI is InChI=1S/C10H11N5OS/c1-7(16)8-5-17-10(12-8)14-2-3-15-6-11-13-9(15)4-14/h5-6H,2-4H2,1H3. The highest BCUT2D eigenvalue weighted by Gasteiger charge is 2.20. The van der Waals surface area contributed by atoms with Gasteiger partial charge < -0.3 is 9.47 Å². The molecule has 2 aromatic heterocycles. The zero-order valence-electron chi connectivity index (χ0n) is 9.33. The lowest BCUT2D eigenvalue weighted by molar-refractivity contribution is 0.101. The van der Waals surface area contributed by atoms with E-state index in [4.69, 9.17) is 0 Å². The van der Waals surface area contributed by atoms with Crippen LogP contribution in [0, 0.1) is 0 Å². The molecule has 0 amide bonds. The van der Waals surface area contributed by atoms with Gasteiger partial charge in [-0.15, -0.1) is 21.5 Å². The van der Waals surface area contributed by atoms with Crippen molar-refractivity contribution in [3.63, 3.8) is 0 Å². The van der Waals surface area contributed by atoms with Gasteiger partial charge in [-0.2, -0.15) is 0 Å². The Morgan fingerprint density at radius 1 is 1.47 bits per heavy atom. The SMILES string of the molecule is CC(=O)c1csc(N2CCn3cnnc3C2)n1. The van der Waals surface area contributed by atoms with Crippen LogP contribution in [-0.4, -0.2) is 32.1 Å². The van der Waals surface area contributed by atoms with Crippen molar-refractivity contribution in [2.24, 2.45) is 0 Å². The van der Waals surface area contributed by atoms with E-state index in [9.17, 15) is 4.79 Å². The average Bonchev–Trinajstić information content (AvgIpc) is 2.97. The number of Topliss-reactive ketones (excluding diaryl/α,β-unsaturated/α-hetero) is 1. The molecule has 6 nitrogen and oxygen atoms in total. The minimum atomic E-state index is 0.00711. The second-order valence-corrected chi connectivity index (χ2v) is 4.77. The summed E-state index contributed by atoms with van der Waals surface area (Å²) in [5.74, 6) is 0.948. The summed E-state index contributed by atoms with van der Waals surface area (Å²) in [6.07, 6.45) is 1.75. The van der Waals surface area contributed by atoms with Crippen LogP contribution in [0.4, 0.5) is 5.13 Å². The van der Waals surface area contributed by atoms with Gasteiger partial charge in [-0.25, -0.2) is 4.98 Å². The third kappa shape index (κ3) is 1.82. The van der Waals surface area contributed by atoms with Gasteiger partial charge in [0.2, 0.25) is 0 Å². The molecule has 0 fully saturated rings. The van der Waals surface area contributed by atoms with E-state index >= 15 is 0 Å². The van der Waals surface area contributed by atoms with Crippen molar-refractivity contribution >= 4 is 22.3 Å². The summed E-state index contributed by atoms with van der Waals surface area (Å²) < 4.78 is 2.04. The zero-order chi connectivity index (χ0) is 11.8. The van der Waals surface area contributed by atoms with Crippen LogP contribution in [0.5, 0.6) is 0 Å². The lowest BCUT2D eigenvalue weighted by atomic mass is 10.3. The van der Waals surface area contributed by atoms with Crippen molar-refractivity contribution in [1.29, 1.82) is 0 Å². The highest BCUT2D eigenvalue weighted by molar-refractivity contribution is 7.13. The van der Waals surface area contributed by atoms with Gasteiger partial charge in [0.1, 0.15) is 12.0 Å². The number of carbonyl (C=O) groups is 1. The third-order valence-electron chi connectivity index (χ3n) is 2.76. The second-order valence-electron chi connectivity index (χ2n) is 3.93. The van der Waals surface area contributed by atoms with Gasteiger partial charge in [0.25, 0.3) is 0 Å². The molecule has 0 saturated carbocycles. The summed E-state index contributed by atoms with van der Waals surface area (Å²) in [6, 6.07) is 0. The molecule has 1 aliphatic heterocycles. The van der Waals surface area contributed by atoms with Crippen LogP contribution in [0.2, 0.25) is 0 Å². The van der Waals surface area contributed by atoms with Gasteiger partial charge >= 0.3 is 0 Å². The van der Waals surface area contributed by atoms with Crippen LogP contribution in [0.15, 0.2) is 11.7 Å². The lowest BCUT2D eigenvalue weighted by Crippen LogP contribution is -2.33. The first kappa shape index (κ1) is 10.4. The molecule has 3 heterocycles. The number of hydrogen-bond donors (Lipinski definition) is 0. The Balaban J connectivity index is 1.84. The molecule has 88 valence electrons.